The molecule has 0 amide bonds. The van der Waals surface area contributed by atoms with Gasteiger partial charge in [0.1, 0.15) is 23.7 Å². The molecule has 0 saturated carbocycles. The first-order chi connectivity index (χ1) is 14.1. The second-order valence-electron chi connectivity index (χ2n) is 6.94. The van der Waals surface area contributed by atoms with Crippen LogP contribution in [0.25, 0.3) is 0 Å². The van der Waals surface area contributed by atoms with Crippen molar-refractivity contribution in [1.82, 2.24) is 25.1 Å². The topological polar surface area (TPSA) is 65.9 Å². The number of aliphatic imine (C=N–C) groups is 1. The largest absolute Gasteiger partial charge is 0.496 e. The summed E-state index contributed by atoms with van der Waals surface area (Å²) < 4.78 is 33.4. The van der Waals surface area contributed by atoms with Crippen LogP contribution in [-0.4, -0.2) is 65.6 Å². The number of nitrogens with one attached hydrogen (secondary N) is 1. The maximum atomic E-state index is 14.6. The highest BCUT2D eigenvalue weighted by Gasteiger charge is 2.32. The molecular weight excluding hydrogens is 378 g/mol. The van der Waals surface area contributed by atoms with Crippen molar-refractivity contribution in [3.63, 3.8) is 0 Å². The van der Waals surface area contributed by atoms with Gasteiger partial charge in [-0.25, -0.2) is 23.7 Å². The Bertz CT molecular complexity index is 936. The first kappa shape index (κ1) is 19.4. The third-order valence-corrected chi connectivity index (χ3v) is 5.09. The minimum atomic E-state index is -0.660. The predicted molar refractivity (Wildman–Crippen MR) is 104 cm³/mol. The highest BCUT2D eigenvalue weighted by molar-refractivity contribution is 6.07. The van der Waals surface area contributed by atoms with Crippen LogP contribution in [0.4, 0.5) is 8.78 Å². The Balaban J connectivity index is 1.60. The lowest BCUT2D eigenvalue weighted by Crippen LogP contribution is -2.54. The van der Waals surface area contributed by atoms with Gasteiger partial charge in [0.15, 0.2) is 6.29 Å². The van der Waals surface area contributed by atoms with Crippen molar-refractivity contribution in [1.29, 1.82) is 0 Å². The molecule has 2 atom stereocenters. The second-order valence-corrected chi connectivity index (χ2v) is 6.94. The lowest BCUT2D eigenvalue weighted by molar-refractivity contribution is 0.0672. The third kappa shape index (κ3) is 3.96. The van der Waals surface area contributed by atoms with Crippen LogP contribution in [-0.2, 0) is 0 Å². The van der Waals surface area contributed by atoms with E-state index in [1.165, 1.54) is 19.5 Å². The van der Waals surface area contributed by atoms with Gasteiger partial charge in [-0.15, -0.1) is 0 Å². The third-order valence-electron chi connectivity index (χ3n) is 5.09. The number of nitrogens with zero attached hydrogens (tertiary/aromatic N) is 5. The lowest BCUT2D eigenvalue weighted by atomic mass is 10.0. The molecule has 2 aliphatic heterocycles. The van der Waals surface area contributed by atoms with Gasteiger partial charge in [0, 0.05) is 56.8 Å². The molecule has 4 rings (SSSR count). The minimum absolute atomic E-state index is 0.198. The Labute approximate surface area is 167 Å². The molecule has 7 nitrogen and oxygen atoms in total. The number of ether oxygens (including phenoxy) is 1. The summed E-state index contributed by atoms with van der Waals surface area (Å²) in [5.41, 5.74) is 1.83. The Hall–Kier alpha value is -2.91. The highest BCUT2D eigenvalue weighted by Crippen LogP contribution is 2.32. The monoisotopic (exact) mass is 400 g/mol. The summed E-state index contributed by atoms with van der Waals surface area (Å²) in [6.45, 7) is 1.85. The number of piperazine rings is 1. The first-order valence-electron chi connectivity index (χ1n) is 9.31. The Morgan fingerprint density at radius 1 is 1.28 bits per heavy atom. The Kier molecular flexibility index (Phi) is 5.50. The van der Waals surface area contributed by atoms with Crippen molar-refractivity contribution in [3.05, 3.63) is 65.9 Å². The molecule has 0 radical (unpaired) electrons. The first-order valence-corrected chi connectivity index (χ1v) is 9.31. The van der Waals surface area contributed by atoms with E-state index in [1.807, 2.05) is 30.3 Å². The maximum absolute atomic E-state index is 14.6. The molecule has 1 saturated heterocycles. The summed E-state index contributed by atoms with van der Waals surface area (Å²) in [5.74, 6) is -1.08. The number of benzene rings is 1. The zero-order chi connectivity index (χ0) is 20.4. The molecule has 3 heterocycles. The van der Waals surface area contributed by atoms with E-state index in [2.05, 4.69) is 20.2 Å². The fourth-order valence-corrected chi connectivity index (χ4v) is 3.70. The molecule has 0 aliphatic carbocycles. The van der Waals surface area contributed by atoms with Crippen LogP contribution in [0.5, 0.6) is 5.75 Å². The zero-order valence-electron chi connectivity index (χ0n) is 16.2. The van der Waals surface area contributed by atoms with E-state index < -0.39 is 11.6 Å². The van der Waals surface area contributed by atoms with E-state index in [-0.39, 0.29) is 18.1 Å². The van der Waals surface area contributed by atoms with Crippen LogP contribution in [0.15, 0.2) is 48.0 Å². The van der Waals surface area contributed by atoms with Gasteiger partial charge in [-0.2, -0.15) is 0 Å². The van der Waals surface area contributed by atoms with Crippen LogP contribution in [0.3, 0.4) is 0 Å². The van der Waals surface area contributed by atoms with Crippen molar-refractivity contribution in [2.45, 2.75) is 12.3 Å². The van der Waals surface area contributed by atoms with Crippen LogP contribution < -0.4 is 10.1 Å². The molecule has 1 aromatic carbocycles. The van der Waals surface area contributed by atoms with E-state index in [9.17, 15) is 8.78 Å². The van der Waals surface area contributed by atoms with Gasteiger partial charge in [-0.3, -0.25) is 4.90 Å². The molecule has 0 bridgehead atoms. The average Bonchev–Trinajstić information content (AvgIpc) is 2.74. The van der Waals surface area contributed by atoms with Gasteiger partial charge >= 0.3 is 0 Å². The number of rotatable bonds is 4. The molecule has 2 aliphatic rings. The Morgan fingerprint density at radius 2 is 2.14 bits per heavy atom. The molecular formula is C20H22F2N6O. The van der Waals surface area contributed by atoms with E-state index in [0.717, 1.165) is 24.0 Å². The fourth-order valence-electron chi connectivity index (χ4n) is 3.70. The predicted octanol–water partition coefficient (Wildman–Crippen LogP) is 1.94. The van der Waals surface area contributed by atoms with Crippen molar-refractivity contribution in [3.8, 4) is 5.75 Å². The summed E-state index contributed by atoms with van der Waals surface area (Å²) in [4.78, 5) is 17.2. The molecule has 1 aromatic heterocycles. The van der Waals surface area contributed by atoms with Crippen molar-refractivity contribution in [2.24, 2.45) is 4.99 Å². The van der Waals surface area contributed by atoms with Crippen molar-refractivity contribution >= 4 is 5.71 Å². The smallest absolute Gasteiger partial charge is 0.178 e. The number of methoxy groups -OCH3 is 1. The van der Waals surface area contributed by atoms with E-state index >= 15 is 0 Å². The Morgan fingerprint density at radius 3 is 2.90 bits per heavy atom. The van der Waals surface area contributed by atoms with Gasteiger partial charge in [-0.1, -0.05) is 0 Å². The average molecular weight is 400 g/mol. The van der Waals surface area contributed by atoms with E-state index in [1.54, 1.807) is 6.20 Å². The van der Waals surface area contributed by atoms with Crippen molar-refractivity contribution < 1.29 is 13.5 Å². The summed E-state index contributed by atoms with van der Waals surface area (Å²) >= 11 is 0. The van der Waals surface area contributed by atoms with Crippen LogP contribution in [0, 0.1) is 11.6 Å². The van der Waals surface area contributed by atoms with Crippen LogP contribution in [0.1, 0.15) is 17.3 Å². The normalized spacial score (nSPS) is 22.5. The molecule has 0 spiro atoms. The van der Waals surface area contributed by atoms with E-state index in [0.29, 0.717) is 18.7 Å². The molecule has 2 unspecified atom stereocenters. The number of hydrogen-bond acceptors (Lipinski definition) is 7. The number of aromatic nitrogens is 2. The summed E-state index contributed by atoms with van der Waals surface area (Å²) in [6.07, 6.45) is 6.76. The summed E-state index contributed by atoms with van der Waals surface area (Å²) in [6, 6.07) is 3.56. The molecule has 1 fully saturated rings. The van der Waals surface area contributed by atoms with Gasteiger partial charge in [0.05, 0.1) is 24.6 Å². The van der Waals surface area contributed by atoms with Gasteiger partial charge in [0.2, 0.25) is 0 Å². The summed E-state index contributed by atoms with van der Waals surface area (Å²) in [5, 5.41) is 3.31. The number of allylic oxidation sites excluding steroid dienone is 1. The van der Waals surface area contributed by atoms with E-state index in [4.69, 9.17) is 9.73 Å². The quantitative estimate of drug-likeness (QED) is 0.846. The fraction of sp³-hybridized carbons (Fsp3) is 0.350. The zero-order valence-corrected chi connectivity index (χ0v) is 16.2. The number of hydrogen-bond donors (Lipinski definition) is 1. The van der Waals surface area contributed by atoms with Gasteiger partial charge in [-0.05, 0) is 12.1 Å². The molecule has 9 heteroatoms. The van der Waals surface area contributed by atoms with Crippen molar-refractivity contribution in [2.75, 3.05) is 33.8 Å². The molecule has 2 aromatic rings. The second kappa shape index (κ2) is 8.22. The highest BCUT2D eigenvalue weighted by atomic mass is 19.1. The van der Waals surface area contributed by atoms with Crippen LogP contribution >= 0.6 is 0 Å². The molecule has 152 valence electrons. The lowest BCUT2D eigenvalue weighted by Gasteiger charge is -2.41. The standard InChI is InChI=1S/C20H22F2N6O/c1-27-7-4-16(15-3-5-23-12-25-15)26-20(27)28-8-6-24-17(11-28)19-14(22)9-13(21)10-18(19)29-2/h3-5,7,9-10,12,17,20,24H,6,8,11H2,1-2H3. The molecule has 1 N–H and O–H groups in total. The SMILES string of the molecule is COc1cc(F)cc(F)c1C1CN(C2N=C(c3ccncn3)C=CN2C)CCN1. The van der Waals surface area contributed by atoms with Gasteiger partial charge < -0.3 is 15.0 Å². The minimum Gasteiger partial charge on any atom is -0.496 e. The summed E-state index contributed by atoms with van der Waals surface area (Å²) in [7, 11) is 3.35. The maximum Gasteiger partial charge on any atom is 0.178 e. The number of halogens is 2. The molecule has 29 heavy (non-hydrogen) atoms. The van der Waals surface area contributed by atoms with Gasteiger partial charge in [0.25, 0.3) is 0 Å². The van der Waals surface area contributed by atoms with Crippen LogP contribution in [0.2, 0.25) is 0 Å².